The molecule has 0 saturated carbocycles. The summed E-state index contributed by atoms with van der Waals surface area (Å²) in [6.07, 6.45) is 2.68. The molecule has 4 rings (SSSR count). The van der Waals surface area contributed by atoms with Crippen molar-refractivity contribution >= 4 is 11.8 Å². The van der Waals surface area contributed by atoms with Crippen molar-refractivity contribution in [3.63, 3.8) is 0 Å². The fourth-order valence-electron chi connectivity index (χ4n) is 5.71. The average molecular weight is 578 g/mol. The maximum Gasteiger partial charge on any atom is 0.254 e. The molecule has 1 saturated heterocycles. The van der Waals surface area contributed by atoms with Crippen LogP contribution in [0.5, 0.6) is 0 Å². The van der Waals surface area contributed by atoms with Crippen LogP contribution in [-0.4, -0.2) is 53.1 Å². The lowest BCUT2D eigenvalue weighted by Gasteiger charge is -2.26. The number of rotatable bonds is 12. The molecule has 224 valence electrons. The van der Waals surface area contributed by atoms with E-state index in [1.165, 1.54) is 17.7 Å². The van der Waals surface area contributed by atoms with E-state index in [9.17, 15) is 23.5 Å². The molecule has 1 aliphatic heterocycles. The Kier molecular flexibility index (Phi) is 10.8. The highest BCUT2D eigenvalue weighted by molar-refractivity contribution is 6.00. The fourth-order valence-corrected chi connectivity index (χ4v) is 5.71. The summed E-state index contributed by atoms with van der Waals surface area (Å²) in [6, 6.07) is 15.7. The summed E-state index contributed by atoms with van der Waals surface area (Å²) in [7, 11) is 0. The summed E-state index contributed by atoms with van der Waals surface area (Å²) in [6.45, 7) is 7.33. The van der Waals surface area contributed by atoms with Gasteiger partial charge >= 0.3 is 0 Å². The van der Waals surface area contributed by atoms with Crippen LogP contribution in [0.3, 0.4) is 0 Å². The molecule has 0 bridgehead atoms. The molecule has 42 heavy (non-hydrogen) atoms. The maximum atomic E-state index is 14.0. The number of aliphatic hydroxyl groups is 1. The molecule has 0 unspecified atom stereocenters. The van der Waals surface area contributed by atoms with Crippen LogP contribution in [0.25, 0.3) is 0 Å². The second-order valence-electron chi connectivity index (χ2n) is 11.2. The highest BCUT2D eigenvalue weighted by atomic mass is 19.1. The van der Waals surface area contributed by atoms with Crippen LogP contribution in [0.2, 0.25) is 0 Å². The van der Waals surface area contributed by atoms with Crippen molar-refractivity contribution in [1.29, 1.82) is 0 Å². The van der Waals surface area contributed by atoms with Gasteiger partial charge in [0.2, 0.25) is 0 Å². The van der Waals surface area contributed by atoms with Crippen LogP contribution in [0, 0.1) is 18.6 Å². The molecule has 6 nitrogen and oxygen atoms in total. The number of nitrogens with one attached hydrogen (secondary N) is 2. The van der Waals surface area contributed by atoms with Gasteiger partial charge in [0.05, 0.1) is 12.1 Å². The van der Waals surface area contributed by atoms with E-state index in [0.29, 0.717) is 24.2 Å². The number of nitrogens with zero attached hydrogens (tertiary/aromatic N) is 1. The zero-order chi connectivity index (χ0) is 30.2. The third-order valence-corrected chi connectivity index (χ3v) is 7.94. The summed E-state index contributed by atoms with van der Waals surface area (Å²) in [4.78, 5) is 28.7. The fraction of sp³-hybridized carbons (Fsp3) is 0.412. The second-order valence-corrected chi connectivity index (χ2v) is 11.2. The Morgan fingerprint density at radius 3 is 2.40 bits per heavy atom. The van der Waals surface area contributed by atoms with Crippen molar-refractivity contribution in [2.45, 2.75) is 77.6 Å². The molecular formula is C34H41F2N3O3. The Hall–Kier alpha value is -3.62. The van der Waals surface area contributed by atoms with E-state index in [1.54, 1.807) is 18.2 Å². The summed E-state index contributed by atoms with van der Waals surface area (Å²) in [5, 5.41) is 17.3. The van der Waals surface area contributed by atoms with Gasteiger partial charge in [-0.05, 0) is 91.6 Å². The van der Waals surface area contributed by atoms with E-state index in [0.717, 1.165) is 42.9 Å². The van der Waals surface area contributed by atoms with Crippen molar-refractivity contribution in [2.24, 2.45) is 0 Å². The smallest absolute Gasteiger partial charge is 0.254 e. The van der Waals surface area contributed by atoms with Crippen LogP contribution in [-0.2, 0) is 19.4 Å². The van der Waals surface area contributed by atoms with E-state index in [4.69, 9.17) is 0 Å². The minimum atomic E-state index is -1.06. The Morgan fingerprint density at radius 2 is 1.69 bits per heavy atom. The van der Waals surface area contributed by atoms with Gasteiger partial charge < -0.3 is 20.6 Å². The van der Waals surface area contributed by atoms with Crippen molar-refractivity contribution in [1.82, 2.24) is 15.5 Å². The van der Waals surface area contributed by atoms with Gasteiger partial charge in [-0.15, -0.1) is 0 Å². The molecule has 1 aliphatic rings. The Morgan fingerprint density at radius 1 is 0.976 bits per heavy atom. The Balaban J connectivity index is 1.51. The maximum absolute atomic E-state index is 14.0. The van der Waals surface area contributed by atoms with E-state index in [2.05, 4.69) is 36.6 Å². The molecule has 3 aromatic carbocycles. The van der Waals surface area contributed by atoms with Gasteiger partial charge in [0.25, 0.3) is 11.8 Å². The van der Waals surface area contributed by atoms with Gasteiger partial charge in [-0.3, -0.25) is 9.59 Å². The third kappa shape index (κ3) is 8.23. The van der Waals surface area contributed by atoms with Crippen LogP contribution in [0.1, 0.15) is 76.1 Å². The van der Waals surface area contributed by atoms with Gasteiger partial charge in [0.15, 0.2) is 0 Å². The highest BCUT2D eigenvalue weighted by Gasteiger charge is 2.29. The van der Waals surface area contributed by atoms with Crippen molar-refractivity contribution < 1.29 is 23.5 Å². The minimum absolute atomic E-state index is 0.0121. The van der Waals surface area contributed by atoms with Gasteiger partial charge in [-0.2, -0.15) is 0 Å². The summed E-state index contributed by atoms with van der Waals surface area (Å²) < 4.78 is 27.9. The van der Waals surface area contributed by atoms with Gasteiger partial charge in [-0.25, -0.2) is 8.78 Å². The number of halogens is 2. The first-order valence-corrected chi connectivity index (χ1v) is 14.8. The Labute approximate surface area is 247 Å². The standard InChI is InChI=1S/C34H41F2N3O3/c1-4-23-8-6-9-24(14-23)20-37-21-32(40)31(17-25-15-28(35)19-29(36)16-25)38-33(41)26-12-22(3)13-27(18-26)34(42)39-11-7-10-30(39)5-2/h6,8-9,12-16,18-19,30-32,37,40H,4-5,7,10-11,17,20-21H2,1-3H3,(H,38,41)/t30-,31-,32+/m0/s1. The Bertz CT molecular complexity index is 1380. The SMILES string of the molecule is CCc1cccc(CNC[C@@H](O)[C@H](Cc2cc(F)cc(F)c2)NC(=O)c2cc(C)cc(C(=O)N3CCC[C@@H]3CC)c2)c1. The average Bonchev–Trinajstić information content (AvgIpc) is 3.44. The normalized spacial score (nSPS) is 16.3. The quantitative estimate of drug-likeness (QED) is 0.271. The van der Waals surface area contributed by atoms with Crippen molar-refractivity contribution in [3.8, 4) is 0 Å². The summed E-state index contributed by atoms with van der Waals surface area (Å²) >= 11 is 0. The lowest BCUT2D eigenvalue weighted by molar-refractivity contribution is 0.0733. The van der Waals surface area contributed by atoms with Crippen LogP contribution in [0.15, 0.2) is 60.7 Å². The molecule has 3 aromatic rings. The first kappa shape index (κ1) is 31.3. The zero-order valence-electron chi connectivity index (χ0n) is 24.6. The highest BCUT2D eigenvalue weighted by Crippen LogP contribution is 2.23. The number of likely N-dealkylation sites (tertiary alicyclic amines) is 1. The van der Waals surface area contributed by atoms with Crippen molar-refractivity contribution in [2.75, 3.05) is 13.1 Å². The zero-order valence-corrected chi connectivity index (χ0v) is 24.6. The number of hydrogen-bond acceptors (Lipinski definition) is 4. The number of aliphatic hydroxyl groups excluding tert-OH is 1. The number of carbonyl (C=O) groups excluding carboxylic acids is 2. The molecule has 0 spiro atoms. The van der Waals surface area contributed by atoms with Crippen LogP contribution >= 0.6 is 0 Å². The molecule has 1 fully saturated rings. The predicted octanol–water partition coefficient (Wildman–Crippen LogP) is 5.34. The largest absolute Gasteiger partial charge is 0.390 e. The molecule has 1 heterocycles. The number of amides is 2. The number of carbonyl (C=O) groups is 2. The number of aryl methyl sites for hydroxylation is 2. The van der Waals surface area contributed by atoms with E-state index in [1.807, 2.05) is 24.0 Å². The lowest BCUT2D eigenvalue weighted by Crippen LogP contribution is -2.48. The summed E-state index contributed by atoms with van der Waals surface area (Å²) in [5.74, 6) is -2.03. The molecular weight excluding hydrogens is 536 g/mol. The van der Waals surface area contributed by atoms with E-state index >= 15 is 0 Å². The topological polar surface area (TPSA) is 81.7 Å². The van der Waals surface area contributed by atoms with Crippen LogP contribution in [0.4, 0.5) is 8.78 Å². The molecule has 3 atom stereocenters. The molecule has 8 heteroatoms. The lowest BCUT2D eigenvalue weighted by atomic mass is 9.99. The minimum Gasteiger partial charge on any atom is -0.390 e. The number of benzene rings is 3. The van der Waals surface area contributed by atoms with Gasteiger partial charge in [0, 0.05) is 42.9 Å². The first-order chi connectivity index (χ1) is 20.2. The number of hydrogen-bond donors (Lipinski definition) is 3. The molecule has 0 aromatic heterocycles. The molecule has 0 aliphatic carbocycles. The van der Waals surface area contributed by atoms with Crippen LogP contribution < -0.4 is 10.6 Å². The first-order valence-electron chi connectivity index (χ1n) is 14.8. The second kappa shape index (κ2) is 14.5. The van der Waals surface area contributed by atoms with Crippen molar-refractivity contribution in [3.05, 3.63) is 106 Å². The third-order valence-electron chi connectivity index (χ3n) is 7.94. The van der Waals surface area contributed by atoms with E-state index < -0.39 is 29.7 Å². The predicted molar refractivity (Wildman–Crippen MR) is 160 cm³/mol. The van der Waals surface area contributed by atoms with E-state index in [-0.39, 0.29) is 30.5 Å². The molecule has 2 amide bonds. The molecule has 0 radical (unpaired) electrons. The monoisotopic (exact) mass is 577 g/mol. The van der Waals surface area contributed by atoms with Gasteiger partial charge in [-0.1, -0.05) is 38.1 Å². The van der Waals surface area contributed by atoms with Gasteiger partial charge in [0.1, 0.15) is 11.6 Å². The molecule has 3 N–H and O–H groups in total. The summed E-state index contributed by atoms with van der Waals surface area (Å²) in [5.41, 5.74) is 4.08.